The van der Waals surface area contributed by atoms with Gasteiger partial charge in [0.25, 0.3) is 5.91 Å². The van der Waals surface area contributed by atoms with Crippen molar-refractivity contribution >= 4 is 21.8 Å². The average Bonchev–Trinajstić information content (AvgIpc) is 3.08. The summed E-state index contributed by atoms with van der Waals surface area (Å²) in [6, 6.07) is 13.6. The number of hydrogen-bond acceptors (Lipinski definition) is 4. The molecular formula is C19H19BrN4O2. The van der Waals surface area contributed by atoms with Crippen LogP contribution >= 0.6 is 15.9 Å². The van der Waals surface area contributed by atoms with Crippen LogP contribution in [0.2, 0.25) is 0 Å². The number of amides is 1. The molecule has 6 nitrogen and oxygen atoms in total. The molecule has 2 N–H and O–H groups in total. The molecule has 134 valence electrons. The molecule has 0 aliphatic heterocycles. The molecule has 2 aromatic carbocycles. The van der Waals surface area contributed by atoms with Gasteiger partial charge >= 0.3 is 0 Å². The summed E-state index contributed by atoms with van der Waals surface area (Å²) < 4.78 is 2.65. The molecule has 1 heterocycles. The molecule has 0 saturated carbocycles. The van der Waals surface area contributed by atoms with E-state index in [1.807, 2.05) is 56.3 Å². The summed E-state index contributed by atoms with van der Waals surface area (Å²) >= 11 is 3.43. The van der Waals surface area contributed by atoms with E-state index in [2.05, 4.69) is 31.3 Å². The zero-order chi connectivity index (χ0) is 18.7. The van der Waals surface area contributed by atoms with E-state index in [9.17, 15) is 4.79 Å². The highest BCUT2D eigenvalue weighted by molar-refractivity contribution is 9.10. The SMILES string of the molecule is Cc1cccc(-n2nc(C(=O)NCCO)nc2-c2ccc(Br)cc2)c1C. The Bertz CT molecular complexity index is 935. The molecule has 0 spiro atoms. The molecule has 0 aliphatic rings. The van der Waals surface area contributed by atoms with Crippen molar-refractivity contribution in [2.45, 2.75) is 13.8 Å². The Kier molecular flexibility index (Phi) is 5.49. The Hall–Kier alpha value is -2.51. The van der Waals surface area contributed by atoms with Crippen LogP contribution < -0.4 is 5.32 Å². The third kappa shape index (κ3) is 3.68. The second-order valence-electron chi connectivity index (χ2n) is 5.88. The Morgan fingerprint density at radius 1 is 1.19 bits per heavy atom. The number of aliphatic hydroxyl groups is 1. The van der Waals surface area contributed by atoms with Gasteiger partial charge in [-0.25, -0.2) is 9.67 Å². The predicted octanol–water partition coefficient (Wildman–Crippen LogP) is 3.04. The van der Waals surface area contributed by atoms with Crippen molar-refractivity contribution in [3.8, 4) is 17.1 Å². The number of carbonyl (C=O) groups is 1. The monoisotopic (exact) mass is 414 g/mol. The van der Waals surface area contributed by atoms with Gasteiger partial charge in [-0.1, -0.05) is 40.2 Å². The minimum atomic E-state index is -0.415. The topological polar surface area (TPSA) is 80.0 Å². The quantitative estimate of drug-likeness (QED) is 0.672. The van der Waals surface area contributed by atoms with Crippen LogP contribution in [0.3, 0.4) is 0 Å². The number of halogens is 1. The fourth-order valence-corrected chi connectivity index (χ4v) is 2.84. The highest BCUT2D eigenvalue weighted by atomic mass is 79.9. The Morgan fingerprint density at radius 2 is 1.92 bits per heavy atom. The van der Waals surface area contributed by atoms with Crippen molar-refractivity contribution in [2.75, 3.05) is 13.2 Å². The van der Waals surface area contributed by atoms with Gasteiger partial charge in [-0.05, 0) is 43.2 Å². The lowest BCUT2D eigenvalue weighted by Crippen LogP contribution is -2.27. The molecule has 1 amide bonds. The van der Waals surface area contributed by atoms with Gasteiger partial charge in [0.1, 0.15) is 0 Å². The smallest absolute Gasteiger partial charge is 0.291 e. The fourth-order valence-electron chi connectivity index (χ4n) is 2.58. The summed E-state index contributed by atoms with van der Waals surface area (Å²) in [7, 11) is 0. The van der Waals surface area contributed by atoms with Gasteiger partial charge < -0.3 is 10.4 Å². The normalized spacial score (nSPS) is 10.8. The molecular weight excluding hydrogens is 396 g/mol. The molecule has 0 fully saturated rings. The third-order valence-corrected chi connectivity index (χ3v) is 4.64. The first kappa shape index (κ1) is 18.3. The largest absolute Gasteiger partial charge is 0.395 e. The Morgan fingerprint density at radius 3 is 2.62 bits per heavy atom. The van der Waals surface area contributed by atoms with Crippen LogP contribution in [0, 0.1) is 13.8 Å². The number of aromatic nitrogens is 3. The molecule has 0 aliphatic carbocycles. The number of hydrogen-bond donors (Lipinski definition) is 2. The summed E-state index contributed by atoms with van der Waals surface area (Å²) in [6.07, 6.45) is 0. The number of nitrogens with zero attached hydrogens (tertiary/aromatic N) is 3. The average molecular weight is 415 g/mol. The van der Waals surface area contributed by atoms with Crippen LogP contribution in [-0.4, -0.2) is 38.9 Å². The van der Waals surface area contributed by atoms with Crippen LogP contribution in [0.1, 0.15) is 21.7 Å². The van der Waals surface area contributed by atoms with Gasteiger partial charge in [-0.3, -0.25) is 4.79 Å². The van der Waals surface area contributed by atoms with E-state index < -0.39 is 5.91 Å². The third-order valence-electron chi connectivity index (χ3n) is 4.11. The summed E-state index contributed by atoms with van der Waals surface area (Å²) in [5, 5.41) is 15.9. The summed E-state index contributed by atoms with van der Waals surface area (Å²) in [6.45, 7) is 4.07. The van der Waals surface area contributed by atoms with Crippen LogP contribution in [-0.2, 0) is 0 Å². The molecule has 0 saturated heterocycles. The van der Waals surface area contributed by atoms with Crippen molar-refractivity contribution < 1.29 is 9.90 Å². The maximum Gasteiger partial charge on any atom is 0.291 e. The van der Waals surface area contributed by atoms with E-state index >= 15 is 0 Å². The lowest BCUT2D eigenvalue weighted by atomic mass is 10.1. The number of benzene rings is 2. The predicted molar refractivity (Wildman–Crippen MR) is 103 cm³/mol. The van der Waals surface area contributed by atoms with Gasteiger partial charge in [-0.15, -0.1) is 5.10 Å². The highest BCUT2D eigenvalue weighted by Crippen LogP contribution is 2.25. The molecule has 3 aromatic rings. The van der Waals surface area contributed by atoms with E-state index in [0.29, 0.717) is 5.82 Å². The van der Waals surface area contributed by atoms with Crippen molar-refractivity contribution in [3.63, 3.8) is 0 Å². The van der Waals surface area contributed by atoms with Gasteiger partial charge in [0.05, 0.1) is 12.3 Å². The van der Waals surface area contributed by atoms with E-state index in [0.717, 1.165) is 26.9 Å². The van der Waals surface area contributed by atoms with Crippen LogP contribution in [0.25, 0.3) is 17.1 Å². The van der Waals surface area contributed by atoms with Gasteiger partial charge in [0.2, 0.25) is 5.82 Å². The first-order chi connectivity index (χ1) is 12.5. The molecule has 0 atom stereocenters. The first-order valence-corrected chi connectivity index (χ1v) is 8.99. The molecule has 0 unspecified atom stereocenters. The van der Waals surface area contributed by atoms with Crippen molar-refractivity contribution in [2.24, 2.45) is 0 Å². The van der Waals surface area contributed by atoms with Crippen LogP contribution in [0.5, 0.6) is 0 Å². The van der Waals surface area contributed by atoms with Crippen molar-refractivity contribution in [1.29, 1.82) is 0 Å². The van der Waals surface area contributed by atoms with Crippen LogP contribution in [0.15, 0.2) is 46.9 Å². The Labute approximate surface area is 160 Å². The zero-order valence-electron chi connectivity index (χ0n) is 14.5. The fraction of sp³-hybridized carbons (Fsp3) is 0.211. The van der Waals surface area contributed by atoms with E-state index in [4.69, 9.17) is 5.11 Å². The lowest BCUT2D eigenvalue weighted by Gasteiger charge is -2.11. The first-order valence-electron chi connectivity index (χ1n) is 8.20. The minimum Gasteiger partial charge on any atom is -0.395 e. The minimum absolute atomic E-state index is 0.0669. The second-order valence-corrected chi connectivity index (χ2v) is 6.79. The second kappa shape index (κ2) is 7.80. The highest BCUT2D eigenvalue weighted by Gasteiger charge is 2.19. The number of nitrogens with one attached hydrogen (secondary N) is 1. The zero-order valence-corrected chi connectivity index (χ0v) is 16.1. The molecule has 3 rings (SSSR count). The maximum atomic E-state index is 12.3. The van der Waals surface area contributed by atoms with E-state index in [1.165, 1.54) is 0 Å². The molecule has 7 heteroatoms. The van der Waals surface area contributed by atoms with E-state index in [-0.39, 0.29) is 19.0 Å². The number of aryl methyl sites for hydroxylation is 1. The van der Waals surface area contributed by atoms with Gasteiger partial charge in [0.15, 0.2) is 5.82 Å². The Balaban J connectivity index is 2.14. The standard InChI is InChI=1S/C19H19BrN4O2/c1-12-4-3-5-16(13(12)2)24-18(14-6-8-15(20)9-7-14)22-17(23-24)19(26)21-10-11-25/h3-9,25H,10-11H2,1-2H3,(H,21,26). The summed E-state index contributed by atoms with van der Waals surface area (Å²) in [5.41, 5.74) is 3.92. The van der Waals surface area contributed by atoms with Crippen molar-refractivity contribution in [1.82, 2.24) is 20.1 Å². The number of aliphatic hydroxyl groups excluding tert-OH is 1. The molecule has 0 bridgehead atoms. The van der Waals surface area contributed by atoms with E-state index in [1.54, 1.807) is 4.68 Å². The van der Waals surface area contributed by atoms with Gasteiger partial charge in [-0.2, -0.15) is 0 Å². The summed E-state index contributed by atoms with van der Waals surface area (Å²) in [4.78, 5) is 16.7. The molecule has 26 heavy (non-hydrogen) atoms. The maximum absolute atomic E-state index is 12.3. The number of rotatable bonds is 5. The molecule has 1 aromatic heterocycles. The molecule has 0 radical (unpaired) electrons. The lowest BCUT2D eigenvalue weighted by molar-refractivity contribution is 0.0934. The number of carbonyl (C=O) groups excluding carboxylic acids is 1. The van der Waals surface area contributed by atoms with Gasteiger partial charge in [0, 0.05) is 16.6 Å². The van der Waals surface area contributed by atoms with Crippen molar-refractivity contribution in [3.05, 3.63) is 63.9 Å². The van der Waals surface area contributed by atoms with Crippen LogP contribution in [0.4, 0.5) is 0 Å². The summed E-state index contributed by atoms with van der Waals surface area (Å²) in [5.74, 6) is 0.235.